The summed E-state index contributed by atoms with van der Waals surface area (Å²) in [4.78, 5) is 48.6. The van der Waals surface area contributed by atoms with Crippen LogP contribution < -0.4 is 10.6 Å². The predicted molar refractivity (Wildman–Crippen MR) is 78.5 cm³/mol. The van der Waals surface area contributed by atoms with E-state index in [1.807, 2.05) is 26.0 Å². The number of amides is 5. The van der Waals surface area contributed by atoms with Crippen molar-refractivity contribution in [3.8, 4) is 0 Å². The first-order chi connectivity index (χ1) is 10.4. The largest absolute Gasteiger partial charge is 0.338 e. The molecular weight excluding hydrogens is 286 g/mol. The van der Waals surface area contributed by atoms with E-state index in [9.17, 15) is 19.2 Å². The summed E-state index contributed by atoms with van der Waals surface area (Å²) >= 11 is 0. The molecule has 0 unspecified atom stereocenters. The van der Waals surface area contributed by atoms with E-state index in [1.54, 1.807) is 0 Å². The van der Waals surface area contributed by atoms with Gasteiger partial charge in [-0.1, -0.05) is 26.0 Å². The fraction of sp³-hybridized carbons (Fsp3) is 0.600. The van der Waals surface area contributed by atoms with Gasteiger partial charge >= 0.3 is 6.03 Å². The fourth-order valence-corrected chi connectivity index (χ4v) is 2.68. The first kappa shape index (κ1) is 16.2. The number of rotatable bonds is 4. The SMILES string of the molecule is CC(C)CNC(=O)NC(=O)CN1C(=O)[C@H]2CC=CC[C@@H]2C1=O. The second-order valence-electron chi connectivity index (χ2n) is 6.07. The number of likely N-dealkylation sites (tertiary alicyclic amines) is 1. The van der Waals surface area contributed by atoms with Gasteiger partial charge in [-0.2, -0.15) is 0 Å². The molecule has 1 saturated heterocycles. The zero-order chi connectivity index (χ0) is 16.3. The molecule has 1 aliphatic carbocycles. The molecule has 1 fully saturated rings. The van der Waals surface area contributed by atoms with Crippen LogP contribution in [0.15, 0.2) is 12.2 Å². The molecule has 2 rings (SSSR count). The molecule has 1 aliphatic heterocycles. The van der Waals surface area contributed by atoms with Crippen molar-refractivity contribution in [2.75, 3.05) is 13.1 Å². The molecule has 2 atom stereocenters. The summed E-state index contributed by atoms with van der Waals surface area (Å²) < 4.78 is 0. The van der Waals surface area contributed by atoms with Gasteiger partial charge in [0.05, 0.1) is 11.8 Å². The lowest BCUT2D eigenvalue weighted by atomic mass is 9.85. The Bertz CT molecular complexity index is 501. The number of nitrogens with zero attached hydrogens (tertiary/aromatic N) is 1. The Balaban J connectivity index is 1.88. The molecule has 22 heavy (non-hydrogen) atoms. The maximum absolute atomic E-state index is 12.2. The molecular formula is C15H21N3O4. The van der Waals surface area contributed by atoms with E-state index in [-0.39, 0.29) is 29.6 Å². The summed E-state index contributed by atoms with van der Waals surface area (Å²) in [6, 6.07) is -0.614. The number of hydrogen-bond donors (Lipinski definition) is 2. The Morgan fingerprint density at radius 2 is 1.73 bits per heavy atom. The zero-order valence-electron chi connectivity index (χ0n) is 12.8. The standard InChI is InChI=1S/C15H21N3O4/c1-9(2)7-16-15(22)17-12(19)8-18-13(20)10-5-3-4-6-11(10)14(18)21/h3-4,9-11H,5-8H2,1-2H3,(H2,16,17,19,22)/t10-,11-/m0/s1. The van der Waals surface area contributed by atoms with Crippen LogP contribution in [0.3, 0.4) is 0 Å². The Hall–Kier alpha value is -2.18. The topological polar surface area (TPSA) is 95.6 Å². The van der Waals surface area contributed by atoms with Crippen LogP contribution in [0.1, 0.15) is 26.7 Å². The van der Waals surface area contributed by atoms with E-state index in [0.717, 1.165) is 4.90 Å². The first-order valence-corrected chi connectivity index (χ1v) is 7.48. The van der Waals surface area contributed by atoms with Crippen molar-refractivity contribution in [2.45, 2.75) is 26.7 Å². The Morgan fingerprint density at radius 3 is 2.23 bits per heavy atom. The number of carbonyl (C=O) groups excluding carboxylic acids is 4. The Labute approximate surface area is 129 Å². The van der Waals surface area contributed by atoms with Crippen molar-refractivity contribution in [3.63, 3.8) is 0 Å². The molecule has 120 valence electrons. The highest BCUT2D eigenvalue weighted by molar-refractivity contribution is 6.08. The lowest BCUT2D eigenvalue weighted by Gasteiger charge is -2.14. The maximum atomic E-state index is 12.2. The summed E-state index contributed by atoms with van der Waals surface area (Å²) in [5, 5.41) is 4.67. The monoisotopic (exact) mass is 307 g/mol. The van der Waals surface area contributed by atoms with Gasteiger partial charge in [-0.05, 0) is 18.8 Å². The van der Waals surface area contributed by atoms with Crippen molar-refractivity contribution in [2.24, 2.45) is 17.8 Å². The van der Waals surface area contributed by atoms with Crippen molar-refractivity contribution >= 4 is 23.8 Å². The number of hydrogen-bond acceptors (Lipinski definition) is 4. The summed E-state index contributed by atoms with van der Waals surface area (Å²) in [6.07, 6.45) is 4.83. The minimum atomic E-state index is -0.658. The van der Waals surface area contributed by atoms with Crippen molar-refractivity contribution in [1.82, 2.24) is 15.5 Å². The highest BCUT2D eigenvalue weighted by Crippen LogP contribution is 2.34. The van der Waals surface area contributed by atoms with Gasteiger partial charge in [0, 0.05) is 6.54 Å². The van der Waals surface area contributed by atoms with Gasteiger partial charge in [-0.3, -0.25) is 24.6 Å². The van der Waals surface area contributed by atoms with E-state index in [4.69, 9.17) is 0 Å². The average Bonchev–Trinajstić information content (AvgIpc) is 2.71. The first-order valence-electron chi connectivity index (χ1n) is 7.48. The van der Waals surface area contributed by atoms with E-state index in [0.29, 0.717) is 19.4 Å². The van der Waals surface area contributed by atoms with Crippen molar-refractivity contribution in [3.05, 3.63) is 12.2 Å². The van der Waals surface area contributed by atoms with Gasteiger partial charge in [0.25, 0.3) is 0 Å². The van der Waals surface area contributed by atoms with Gasteiger partial charge in [0.1, 0.15) is 6.54 Å². The molecule has 0 bridgehead atoms. The molecule has 2 N–H and O–H groups in total. The second kappa shape index (κ2) is 6.72. The van der Waals surface area contributed by atoms with Crippen LogP contribution in [0.5, 0.6) is 0 Å². The Kier molecular flexibility index (Phi) is 4.95. The molecule has 1 heterocycles. The molecule has 0 aromatic heterocycles. The van der Waals surface area contributed by atoms with Crippen LogP contribution >= 0.6 is 0 Å². The highest BCUT2D eigenvalue weighted by atomic mass is 16.2. The zero-order valence-corrected chi connectivity index (χ0v) is 12.8. The minimum absolute atomic E-state index is 0.262. The summed E-state index contributed by atoms with van der Waals surface area (Å²) in [5.74, 6) is -1.76. The number of allylic oxidation sites excluding steroid dienone is 2. The normalized spacial score (nSPS) is 23.7. The van der Waals surface area contributed by atoms with Crippen LogP contribution in [-0.2, 0) is 14.4 Å². The fourth-order valence-electron chi connectivity index (χ4n) is 2.68. The van der Waals surface area contributed by atoms with Gasteiger partial charge < -0.3 is 5.32 Å². The second-order valence-corrected chi connectivity index (χ2v) is 6.07. The van der Waals surface area contributed by atoms with Gasteiger partial charge in [0.2, 0.25) is 17.7 Å². The van der Waals surface area contributed by atoms with Crippen LogP contribution in [0.25, 0.3) is 0 Å². The third kappa shape index (κ3) is 3.52. The molecule has 0 aromatic rings. The number of imide groups is 2. The molecule has 7 heteroatoms. The van der Waals surface area contributed by atoms with Crippen LogP contribution in [-0.4, -0.2) is 41.7 Å². The van der Waals surface area contributed by atoms with E-state index >= 15 is 0 Å². The molecule has 0 aromatic carbocycles. The molecule has 0 radical (unpaired) electrons. The number of nitrogens with one attached hydrogen (secondary N) is 2. The minimum Gasteiger partial charge on any atom is -0.338 e. The van der Waals surface area contributed by atoms with Crippen LogP contribution in [0.2, 0.25) is 0 Å². The van der Waals surface area contributed by atoms with Gasteiger partial charge in [-0.25, -0.2) is 4.79 Å². The quantitative estimate of drug-likeness (QED) is 0.581. The molecule has 0 saturated carbocycles. The maximum Gasteiger partial charge on any atom is 0.321 e. The van der Waals surface area contributed by atoms with Crippen molar-refractivity contribution < 1.29 is 19.2 Å². The third-order valence-corrected chi connectivity index (χ3v) is 3.82. The van der Waals surface area contributed by atoms with Crippen LogP contribution in [0.4, 0.5) is 4.79 Å². The predicted octanol–water partition coefficient (Wildman–Crippen LogP) is 0.419. The lowest BCUT2D eigenvalue weighted by molar-refractivity contribution is -0.143. The van der Waals surface area contributed by atoms with E-state index in [2.05, 4.69) is 10.6 Å². The average molecular weight is 307 g/mol. The van der Waals surface area contributed by atoms with E-state index < -0.39 is 18.5 Å². The molecule has 5 amide bonds. The number of carbonyl (C=O) groups is 4. The van der Waals surface area contributed by atoms with Crippen LogP contribution in [0, 0.1) is 17.8 Å². The molecule has 0 spiro atoms. The lowest BCUT2D eigenvalue weighted by Crippen LogP contribution is -2.46. The summed E-state index contributed by atoms with van der Waals surface area (Å²) in [6.45, 7) is 3.90. The number of urea groups is 1. The van der Waals surface area contributed by atoms with E-state index in [1.165, 1.54) is 0 Å². The Morgan fingerprint density at radius 1 is 1.18 bits per heavy atom. The summed E-state index contributed by atoms with van der Waals surface area (Å²) in [5.41, 5.74) is 0. The highest BCUT2D eigenvalue weighted by Gasteiger charge is 2.47. The van der Waals surface area contributed by atoms with Gasteiger partial charge in [0.15, 0.2) is 0 Å². The molecule has 2 aliphatic rings. The molecule has 7 nitrogen and oxygen atoms in total. The summed E-state index contributed by atoms with van der Waals surface area (Å²) in [7, 11) is 0. The van der Waals surface area contributed by atoms with Gasteiger partial charge in [-0.15, -0.1) is 0 Å². The number of fused-ring (bicyclic) bond motifs is 1. The third-order valence-electron chi connectivity index (χ3n) is 3.82. The van der Waals surface area contributed by atoms with Crippen molar-refractivity contribution in [1.29, 1.82) is 0 Å². The smallest absolute Gasteiger partial charge is 0.321 e.